The summed E-state index contributed by atoms with van der Waals surface area (Å²) in [5, 5.41) is 0. The Morgan fingerprint density at radius 2 is 2.43 bits per heavy atom. The van der Waals surface area contributed by atoms with Gasteiger partial charge in [0.1, 0.15) is 0 Å². The molecule has 0 saturated carbocycles. The topological polar surface area (TPSA) is 15.6 Å². The second kappa shape index (κ2) is 4.27. The number of hydrogen-bond donors (Lipinski definition) is 0. The average Bonchev–Trinajstić information content (AvgIpc) is 1.61. The first kappa shape index (κ1) is 7.11. The zero-order valence-electron chi connectivity index (χ0n) is 4.39. The van der Waals surface area contributed by atoms with E-state index in [2.05, 4.69) is 27.9 Å². The van der Waals surface area contributed by atoms with Gasteiger partial charge in [0.2, 0.25) is 0 Å². The van der Waals surface area contributed by atoms with Gasteiger partial charge in [0.25, 0.3) is 0 Å². The predicted molar refractivity (Wildman–Crippen MR) is 36.0 cm³/mol. The summed E-state index contributed by atoms with van der Waals surface area (Å²) in [4.78, 5) is 3.65. The van der Waals surface area contributed by atoms with Crippen LogP contribution < -0.4 is 0 Å². The predicted octanol–water partition coefficient (Wildman–Crippen LogP) is 0.929. The molecule has 0 fully saturated rings. The fourth-order valence-electron chi connectivity index (χ4n) is 0.209. The third-order valence-electron chi connectivity index (χ3n) is 0.566. The Hall–Kier alpha value is 0.110. The second-order valence-electron chi connectivity index (χ2n) is 1.28. The molecular formula is C4H9BrN2. The molecule has 0 bridgehead atoms. The maximum Gasteiger partial charge on any atom is 0.0518 e. The van der Waals surface area contributed by atoms with E-state index in [-0.39, 0.29) is 0 Å². The summed E-state index contributed by atoms with van der Waals surface area (Å²) >= 11 is 3.22. The highest BCUT2D eigenvalue weighted by atomic mass is 79.9. The molecule has 0 aliphatic carbocycles. The van der Waals surface area contributed by atoms with Gasteiger partial charge in [0.15, 0.2) is 0 Å². The monoisotopic (exact) mass is 164 g/mol. The van der Waals surface area contributed by atoms with Crippen LogP contribution in [0.25, 0.3) is 0 Å². The van der Waals surface area contributed by atoms with Crippen molar-refractivity contribution in [3.05, 3.63) is 0 Å². The summed E-state index contributed by atoms with van der Waals surface area (Å²) in [6.07, 6.45) is 0. The van der Waals surface area contributed by atoms with Gasteiger partial charge in [0, 0.05) is 22.7 Å². The highest BCUT2D eigenvalue weighted by Gasteiger charge is 1.84. The molecule has 0 unspecified atom stereocenters. The molecular weight excluding hydrogens is 156 g/mol. The fraction of sp³-hybridized carbons (Fsp3) is 0.750. The fourth-order valence-corrected chi connectivity index (χ4v) is 0.367. The van der Waals surface area contributed by atoms with E-state index in [9.17, 15) is 0 Å². The van der Waals surface area contributed by atoms with E-state index >= 15 is 0 Å². The molecule has 3 heteroatoms. The minimum atomic E-state index is 0.793. The van der Waals surface area contributed by atoms with Crippen molar-refractivity contribution in [2.24, 2.45) is 4.99 Å². The second-order valence-corrected chi connectivity index (χ2v) is 2.49. The minimum absolute atomic E-state index is 0.793. The van der Waals surface area contributed by atoms with Crippen molar-refractivity contribution < 1.29 is 0 Å². The Balaban J connectivity index is 2.81. The first-order chi connectivity index (χ1) is 3.27. The lowest BCUT2D eigenvalue weighted by Gasteiger charge is -2.00. The van der Waals surface area contributed by atoms with Crippen LogP contribution in [0.3, 0.4) is 0 Å². The Morgan fingerprint density at radius 1 is 1.86 bits per heavy atom. The molecule has 0 atom stereocenters. The summed E-state index contributed by atoms with van der Waals surface area (Å²) < 4.78 is 1.89. The van der Waals surface area contributed by atoms with Gasteiger partial charge >= 0.3 is 0 Å². The van der Waals surface area contributed by atoms with Gasteiger partial charge in [-0.05, 0) is 13.8 Å². The average molecular weight is 165 g/mol. The van der Waals surface area contributed by atoms with E-state index in [0.29, 0.717) is 0 Å². The van der Waals surface area contributed by atoms with Crippen LogP contribution >= 0.6 is 16.1 Å². The lowest BCUT2D eigenvalue weighted by atomic mass is 10.7. The number of aliphatic imine (C=N–C) groups is 1. The van der Waals surface area contributed by atoms with E-state index in [1.165, 1.54) is 0 Å². The lowest BCUT2D eigenvalue weighted by molar-refractivity contribution is 0.598. The van der Waals surface area contributed by atoms with E-state index in [0.717, 1.165) is 13.1 Å². The molecule has 0 radical (unpaired) electrons. The Labute approximate surface area is 52.6 Å². The Kier molecular flexibility index (Phi) is 4.34. The Morgan fingerprint density at radius 3 is 2.57 bits per heavy atom. The van der Waals surface area contributed by atoms with Crippen molar-refractivity contribution in [2.75, 3.05) is 20.1 Å². The van der Waals surface area contributed by atoms with Crippen LogP contribution in [-0.2, 0) is 0 Å². The normalized spacial score (nSPS) is 9.57. The van der Waals surface area contributed by atoms with Crippen molar-refractivity contribution in [1.82, 2.24) is 3.93 Å². The van der Waals surface area contributed by atoms with Crippen LogP contribution in [0, 0.1) is 0 Å². The van der Waals surface area contributed by atoms with Gasteiger partial charge in [-0.1, -0.05) is 0 Å². The number of nitrogens with zero attached hydrogens (tertiary/aromatic N) is 2. The standard InChI is InChI=1S/C4H9BrN2/c1-6-3-4-7(2)5/h1,3-4H2,2H3. The smallest absolute Gasteiger partial charge is 0.0518 e. The van der Waals surface area contributed by atoms with Crippen LogP contribution in [0.4, 0.5) is 0 Å². The van der Waals surface area contributed by atoms with Crippen molar-refractivity contribution in [3.63, 3.8) is 0 Å². The third kappa shape index (κ3) is 6.11. The number of halogens is 1. The molecule has 42 valence electrons. The molecule has 0 spiro atoms. The number of likely N-dealkylation sites (N-methyl/N-ethyl adjacent to an activating group) is 1. The van der Waals surface area contributed by atoms with Crippen molar-refractivity contribution >= 4 is 22.9 Å². The molecule has 0 saturated heterocycles. The van der Waals surface area contributed by atoms with Crippen LogP contribution in [0.15, 0.2) is 4.99 Å². The first-order valence-corrected chi connectivity index (χ1v) is 2.77. The lowest BCUT2D eigenvalue weighted by Crippen LogP contribution is -2.07. The van der Waals surface area contributed by atoms with Crippen LogP contribution in [-0.4, -0.2) is 30.8 Å². The number of hydrogen-bond acceptors (Lipinski definition) is 2. The van der Waals surface area contributed by atoms with Gasteiger partial charge in [0.05, 0.1) is 6.54 Å². The summed E-state index contributed by atoms with van der Waals surface area (Å²) in [5.41, 5.74) is 0. The zero-order valence-corrected chi connectivity index (χ0v) is 5.98. The van der Waals surface area contributed by atoms with Gasteiger partial charge in [-0.15, -0.1) is 0 Å². The molecule has 0 rings (SSSR count). The summed E-state index contributed by atoms with van der Waals surface area (Å²) in [5.74, 6) is 0. The maximum atomic E-state index is 3.65. The largest absolute Gasteiger partial charge is 0.300 e. The third-order valence-corrected chi connectivity index (χ3v) is 0.921. The van der Waals surface area contributed by atoms with Crippen LogP contribution in [0.5, 0.6) is 0 Å². The molecule has 0 N–H and O–H groups in total. The quantitative estimate of drug-likeness (QED) is 0.448. The highest BCUT2D eigenvalue weighted by molar-refractivity contribution is 9.07. The zero-order chi connectivity index (χ0) is 5.70. The number of rotatable bonds is 3. The highest BCUT2D eigenvalue weighted by Crippen LogP contribution is 1.88. The molecule has 0 aromatic carbocycles. The van der Waals surface area contributed by atoms with Crippen molar-refractivity contribution in [2.45, 2.75) is 0 Å². The van der Waals surface area contributed by atoms with Gasteiger partial charge in [-0.3, -0.25) is 4.99 Å². The minimum Gasteiger partial charge on any atom is -0.300 e. The van der Waals surface area contributed by atoms with Crippen molar-refractivity contribution in [3.8, 4) is 0 Å². The van der Waals surface area contributed by atoms with Gasteiger partial charge in [-0.2, -0.15) is 0 Å². The van der Waals surface area contributed by atoms with Crippen molar-refractivity contribution in [1.29, 1.82) is 0 Å². The van der Waals surface area contributed by atoms with Crippen LogP contribution in [0.2, 0.25) is 0 Å². The SMILES string of the molecule is C=NCCN(C)Br. The summed E-state index contributed by atoms with van der Waals surface area (Å²) in [7, 11) is 1.94. The molecule has 7 heavy (non-hydrogen) atoms. The molecule has 0 heterocycles. The molecule has 0 aromatic heterocycles. The van der Waals surface area contributed by atoms with E-state index in [1.807, 2.05) is 11.0 Å². The Bertz CT molecular complexity index is 53.7. The van der Waals surface area contributed by atoms with Gasteiger partial charge in [-0.25, -0.2) is 3.93 Å². The van der Waals surface area contributed by atoms with Gasteiger partial charge < -0.3 is 0 Å². The molecule has 0 aromatic rings. The molecule has 0 aliphatic heterocycles. The van der Waals surface area contributed by atoms with Crippen LogP contribution in [0.1, 0.15) is 0 Å². The van der Waals surface area contributed by atoms with E-state index in [1.54, 1.807) is 0 Å². The van der Waals surface area contributed by atoms with E-state index < -0.39 is 0 Å². The molecule has 2 nitrogen and oxygen atoms in total. The summed E-state index contributed by atoms with van der Waals surface area (Å²) in [6, 6.07) is 0. The maximum absolute atomic E-state index is 3.65. The molecule has 0 amide bonds. The summed E-state index contributed by atoms with van der Waals surface area (Å²) in [6.45, 7) is 5.05. The first-order valence-electron chi connectivity index (χ1n) is 2.06. The van der Waals surface area contributed by atoms with E-state index in [4.69, 9.17) is 0 Å². The molecule has 0 aliphatic rings.